The Bertz CT molecular complexity index is 443. The number of benzene rings is 1. The van der Waals surface area contributed by atoms with Crippen molar-refractivity contribution in [3.05, 3.63) is 35.1 Å². The first-order valence-electron chi connectivity index (χ1n) is 6.49. The minimum absolute atomic E-state index is 0.0219. The summed E-state index contributed by atoms with van der Waals surface area (Å²) < 4.78 is 13.1. The molecule has 4 heteroatoms. The van der Waals surface area contributed by atoms with Gasteiger partial charge in [-0.2, -0.15) is 0 Å². The van der Waals surface area contributed by atoms with Gasteiger partial charge in [0.25, 0.3) is 0 Å². The third kappa shape index (κ3) is 2.47. The molecule has 0 heterocycles. The molecule has 0 radical (unpaired) electrons. The highest BCUT2D eigenvalue weighted by atomic mass is 19.1. The number of aryl methyl sites for hydroxylation is 1. The molecule has 0 fully saturated rings. The van der Waals surface area contributed by atoms with E-state index in [2.05, 4.69) is 5.32 Å². The van der Waals surface area contributed by atoms with Gasteiger partial charge >= 0.3 is 6.03 Å². The molecule has 3 nitrogen and oxygen atoms in total. The van der Waals surface area contributed by atoms with Crippen molar-refractivity contribution in [2.24, 2.45) is 0 Å². The second-order valence-electron chi connectivity index (χ2n) is 4.56. The van der Waals surface area contributed by atoms with E-state index in [-0.39, 0.29) is 17.9 Å². The standard InChI is InChI=1S/C14H19FN2O/c1-3-17(4-2)14(18)16-13-8-5-10-9-11(15)6-7-12(10)13/h6-7,9,13H,3-5,8H2,1-2H3,(H,16,18)/t13-/m1/s1. The number of nitrogens with one attached hydrogen (secondary N) is 1. The summed E-state index contributed by atoms with van der Waals surface area (Å²) in [5.41, 5.74) is 2.07. The number of hydrogen-bond donors (Lipinski definition) is 1. The molecule has 2 rings (SSSR count). The van der Waals surface area contributed by atoms with E-state index in [4.69, 9.17) is 0 Å². The monoisotopic (exact) mass is 250 g/mol. The van der Waals surface area contributed by atoms with E-state index in [1.807, 2.05) is 13.8 Å². The van der Waals surface area contributed by atoms with Gasteiger partial charge in [-0.05, 0) is 49.9 Å². The Kier molecular flexibility index (Phi) is 3.84. The molecule has 0 aromatic heterocycles. The van der Waals surface area contributed by atoms with Crippen molar-refractivity contribution in [2.45, 2.75) is 32.7 Å². The number of carbonyl (C=O) groups is 1. The van der Waals surface area contributed by atoms with Crippen molar-refractivity contribution in [1.29, 1.82) is 0 Å². The lowest BCUT2D eigenvalue weighted by molar-refractivity contribution is 0.199. The van der Waals surface area contributed by atoms with Gasteiger partial charge in [-0.25, -0.2) is 9.18 Å². The van der Waals surface area contributed by atoms with Crippen LogP contribution in [0.5, 0.6) is 0 Å². The van der Waals surface area contributed by atoms with Crippen molar-refractivity contribution >= 4 is 6.03 Å². The number of fused-ring (bicyclic) bond motifs is 1. The smallest absolute Gasteiger partial charge is 0.317 e. The van der Waals surface area contributed by atoms with Crippen LogP contribution < -0.4 is 5.32 Å². The molecule has 0 aliphatic heterocycles. The van der Waals surface area contributed by atoms with Crippen molar-refractivity contribution in [2.75, 3.05) is 13.1 Å². The second kappa shape index (κ2) is 5.38. The van der Waals surface area contributed by atoms with Crippen LogP contribution in [-0.4, -0.2) is 24.0 Å². The summed E-state index contributed by atoms with van der Waals surface area (Å²) in [6.45, 7) is 5.32. The van der Waals surface area contributed by atoms with E-state index in [1.165, 1.54) is 6.07 Å². The SMILES string of the molecule is CCN(CC)C(=O)N[C@@H]1CCc2cc(F)ccc21. The normalized spacial score (nSPS) is 17.4. The Balaban J connectivity index is 2.08. The lowest BCUT2D eigenvalue weighted by Gasteiger charge is -2.22. The highest BCUT2D eigenvalue weighted by molar-refractivity contribution is 5.74. The molecule has 2 amide bonds. The summed E-state index contributed by atoms with van der Waals surface area (Å²) in [5, 5.41) is 3.02. The Morgan fingerprint density at radius 2 is 2.17 bits per heavy atom. The highest BCUT2D eigenvalue weighted by Gasteiger charge is 2.25. The molecule has 0 unspecified atom stereocenters. The van der Waals surface area contributed by atoms with E-state index < -0.39 is 0 Å². The minimum atomic E-state index is -0.204. The van der Waals surface area contributed by atoms with Crippen LogP contribution in [0.4, 0.5) is 9.18 Å². The molecule has 0 spiro atoms. The summed E-state index contributed by atoms with van der Waals surface area (Å²) in [4.78, 5) is 13.7. The fourth-order valence-corrected chi connectivity index (χ4v) is 2.49. The molecular formula is C14H19FN2O. The lowest BCUT2D eigenvalue weighted by atomic mass is 10.1. The molecule has 0 bridgehead atoms. The minimum Gasteiger partial charge on any atom is -0.331 e. The lowest BCUT2D eigenvalue weighted by Crippen LogP contribution is -2.40. The average molecular weight is 250 g/mol. The maximum absolute atomic E-state index is 13.1. The van der Waals surface area contributed by atoms with Gasteiger partial charge in [0.2, 0.25) is 0 Å². The number of amides is 2. The molecule has 1 N–H and O–H groups in total. The van der Waals surface area contributed by atoms with Crippen molar-refractivity contribution in [3.63, 3.8) is 0 Å². The van der Waals surface area contributed by atoms with Crippen LogP contribution >= 0.6 is 0 Å². The van der Waals surface area contributed by atoms with E-state index in [1.54, 1.807) is 17.0 Å². The third-order valence-corrected chi connectivity index (χ3v) is 3.53. The maximum atomic E-state index is 13.1. The molecule has 18 heavy (non-hydrogen) atoms. The number of halogens is 1. The van der Waals surface area contributed by atoms with Crippen LogP contribution in [0.1, 0.15) is 37.4 Å². The molecule has 1 atom stereocenters. The van der Waals surface area contributed by atoms with Gasteiger partial charge in [0.05, 0.1) is 6.04 Å². The first kappa shape index (κ1) is 12.9. The van der Waals surface area contributed by atoms with Crippen molar-refractivity contribution < 1.29 is 9.18 Å². The summed E-state index contributed by atoms with van der Waals surface area (Å²) in [7, 11) is 0. The number of rotatable bonds is 3. The zero-order valence-electron chi connectivity index (χ0n) is 10.9. The van der Waals surface area contributed by atoms with Crippen LogP contribution in [0.15, 0.2) is 18.2 Å². The summed E-state index contributed by atoms with van der Waals surface area (Å²) >= 11 is 0. The van der Waals surface area contributed by atoms with E-state index >= 15 is 0 Å². The number of hydrogen-bond acceptors (Lipinski definition) is 1. The van der Waals surface area contributed by atoms with Gasteiger partial charge in [-0.15, -0.1) is 0 Å². The van der Waals surface area contributed by atoms with Gasteiger partial charge in [0.15, 0.2) is 0 Å². The molecular weight excluding hydrogens is 231 g/mol. The summed E-state index contributed by atoms with van der Waals surface area (Å²) in [6, 6.07) is 4.79. The van der Waals surface area contributed by atoms with E-state index in [0.717, 1.165) is 24.0 Å². The molecule has 1 aromatic rings. The van der Waals surface area contributed by atoms with Gasteiger partial charge < -0.3 is 10.2 Å². The Labute approximate surface area is 107 Å². The zero-order valence-corrected chi connectivity index (χ0v) is 10.9. The first-order valence-corrected chi connectivity index (χ1v) is 6.49. The van der Waals surface area contributed by atoms with Gasteiger partial charge in [-0.1, -0.05) is 6.07 Å². The Morgan fingerprint density at radius 3 is 2.83 bits per heavy atom. The van der Waals surface area contributed by atoms with Gasteiger partial charge in [0, 0.05) is 13.1 Å². The molecule has 1 aliphatic rings. The molecule has 1 aromatic carbocycles. The fourth-order valence-electron chi connectivity index (χ4n) is 2.49. The first-order chi connectivity index (χ1) is 8.65. The molecule has 1 aliphatic carbocycles. The molecule has 0 saturated heterocycles. The van der Waals surface area contributed by atoms with E-state index in [0.29, 0.717) is 13.1 Å². The zero-order chi connectivity index (χ0) is 13.1. The van der Waals surface area contributed by atoms with Crippen LogP contribution in [0.25, 0.3) is 0 Å². The largest absolute Gasteiger partial charge is 0.331 e. The number of nitrogens with zero attached hydrogens (tertiary/aromatic N) is 1. The number of urea groups is 1. The summed E-state index contributed by atoms with van der Waals surface area (Å²) in [6.07, 6.45) is 1.68. The number of carbonyl (C=O) groups excluding carboxylic acids is 1. The Hall–Kier alpha value is -1.58. The second-order valence-corrected chi connectivity index (χ2v) is 4.56. The van der Waals surface area contributed by atoms with Crippen LogP contribution in [0.3, 0.4) is 0 Å². The topological polar surface area (TPSA) is 32.3 Å². The van der Waals surface area contributed by atoms with Gasteiger partial charge in [0.1, 0.15) is 5.82 Å². The van der Waals surface area contributed by atoms with Crippen LogP contribution in [0, 0.1) is 5.82 Å². The van der Waals surface area contributed by atoms with Gasteiger partial charge in [-0.3, -0.25) is 0 Å². The maximum Gasteiger partial charge on any atom is 0.317 e. The van der Waals surface area contributed by atoms with E-state index in [9.17, 15) is 9.18 Å². The predicted octanol–water partition coefficient (Wildman–Crippen LogP) is 2.86. The Morgan fingerprint density at radius 1 is 1.44 bits per heavy atom. The average Bonchev–Trinajstić information content (AvgIpc) is 2.73. The van der Waals surface area contributed by atoms with Crippen LogP contribution in [-0.2, 0) is 6.42 Å². The summed E-state index contributed by atoms with van der Waals surface area (Å²) in [5.74, 6) is -0.204. The third-order valence-electron chi connectivity index (χ3n) is 3.53. The molecule has 98 valence electrons. The fraction of sp³-hybridized carbons (Fsp3) is 0.500. The highest BCUT2D eigenvalue weighted by Crippen LogP contribution is 2.31. The predicted molar refractivity (Wildman–Crippen MR) is 68.9 cm³/mol. The van der Waals surface area contributed by atoms with Crippen LogP contribution in [0.2, 0.25) is 0 Å². The van der Waals surface area contributed by atoms with Crippen molar-refractivity contribution in [3.8, 4) is 0 Å². The molecule has 0 saturated carbocycles. The van der Waals surface area contributed by atoms with Crippen molar-refractivity contribution in [1.82, 2.24) is 10.2 Å². The quantitative estimate of drug-likeness (QED) is 0.879.